The normalized spacial score (nSPS) is 28.9. The van der Waals surface area contributed by atoms with Crippen LogP contribution in [0.5, 0.6) is 0 Å². The lowest BCUT2D eigenvalue weighted by Crippen LogP contribution is -2.64. The Labute approximate surface area is 543 Å². The Kier molecular flexibility index (Phi) is 29.8. The molecule has 0 bridgehead atoms. The molecule has 3 saturated carbocycles. The van der Waals surface area contributed by atoms with Crippen molar-refractivity contribution in [1.29, 1.82) is 0 Å². The Hall–Kier alpha value is -5.75. The first kappa shape index (κ1) is 77.7. The van der Waals surface area contributed by atoms with E-state index in [1.54, 1.807) is 20.8 Å². The first-order chi connectivity index (χ1) is 42.4. The zero-order valence-corrected chi connectivity index (χ0v) is 57.7. The van der Waals surface area contributed by atoms with Gasteiger partial charge in [-0.2, -0.15) is 13.2 Å². The van der Waals surface area contributed by atoms with Crippen molar-refractivity contribution in [3.8, 4) is 0 Å². The molecule has 91 heavy (non-hydrogen) atoms. The van der Waals surface area contributed by atoms with Gasteiger partial charge in [-0.1, -0.05) is 74.7 Å². The molecule has 4 aliphatic rings. The van der Waals surface area contributed by atoms with E-state index in [2.05, 4.69) is 21.3 Å². The predicted molar refractivity (Wildman–Crippen MR) is 340 cm³/mol. The second-order valence-electron chi connectivity index (χ2n) is 28.0. The fourth-order valence-electron chi connectivity index (χ4n) is 13.5. The van der Waals surface area contributed by atoms with Crippen LogP contribution in [0, 0.1) is 41.4 Å². The van der Waals surface area contributed by atoms with E-state index in [0.29, 0.717) is 44.9 Å². The zero-order chi connectivity index (χ0) is 68.6. The number of hydrogen-bond donors (Lipinski definition) is 4. The van der Waals surface area contributed by atoms with Crippen LogP contribution in [0.25, 0.3) is 0 Å². The molecular weight excluding hydrogens is 1200 g/mol. The highest BCUT2D eigenvalue weighted by atomic mass is 35.5. The van der Waals surface area contributed by atoms with E-state index in [4.69, 9.17) is 11.6 Å². The second kappa shape index (κ2) is 35.0. The first-order valence-corrected chi connectivity index (χ1v) is 33.6. The van der Waals surface area contributed by atoms with Crippen molar-refractivity contribution >= 4 is 76.6 Å². The minimum absolute atomic E-state index is 0.0197. The molecule has 0 aromatic carbocycles. The maximum atomic E-state index is 15.1. The van der Waals surface area contributed by atoms with Gasteiger partial charge in [0.2, 0.25) is 65.0 Å². The van der Waals surface area contributed by atoms with Crippen LogP contribution in [0.3, 0.4) is 0 Å². The minimum atomic E-state index is -4.35. The molecule has 22 nitrogen and oxygen atoms in total. The fourth-order valence-corrected chi connectivity index (χ4v) is 13.7. The summed E-state index contributed by atoms with van der Waals surface area (Å²) in [5, 5.41) is 11.5. The van der Waals surface area contributed by atoms with E-state index >= 15 is 14.4 Å². The van der Waals surface area contributed by atoms with Crippen LogP contribution in [-0.2, 0) is 52.7 Å². The lowest BCUT2D eigenvalue weighted by molar-refractivity contribution is -0.184. The van der Waals surface area contributed by atoms with Gasteiger partial charge in [0.15, 0.2) is 0 Å². The molecule has 518 valence electrons. The highest BCUT2D eigenvalue weighted by Gasteiger charge is 2.49. The monoisotopic (exact) mass is 1310 g/mol. The Bertz CT molecular complexity index is 2520. The summed E-state index contributed by atoms with van der Waals surface area (Å²) in [6.45, 7) is 12.8. The SMILES string of the molecule is CC[C@H](C)[C@@H]1NC(=O)[C@H](C(C)C)N(C)C(=O)CCNC(=O)[C@H](CC(C)C)N(C)C(=O)C2(CCCC2)NC(=O)[C@H](CC(C)C)N(C)C(=O)[C@H](CCC2CCC(C(F)(F)F)CC2)NC(=O)CN(C)C(=O)[C@H](CC2CCC(Cl)CC2)N(C)C(=O)CN(C)C(=O)CN(C)C1=O. The number of alkyl halides is 4. The summed E-state index contributed by atoms with van der Waals surface area (Å²) in [5.74, 6) is -9.68. The summed E-state index contributed by atoms with van der Waals surface area (Å²) >= 11 is 6.49. The molecule has 4 N–H and O–H groups in total. The van der Waals surface area contributed by atoms with E-state index in [1.807, 2.05) is 34.6 Å². The van der Waals surface area contributed by atoms with Crippen molar-refractivity contribution in [2.24, 2.45) is 41.4 Å². The van der Waals surface area contributed by atoms with Gasteiger partial charge in [-0.05, 0) is 132 Å². The molecule has 11 amide bonds. The number of likely N-dealkylation sites (N-methyl/N-ethyl adjacent to an activating group) is 7. The highest BCUT2D eigenvalue weighted by molar-refractivity contribution is 6.20. The van der Waals surface area contributed by atoms with Crippen molar-refractivity contribution in [1.82, 2.24) is 55.6 Å². The smallest absolute Gasteiger partial charge is 0.354 e. The summed E-state index contributed by atoms with van der Waals surface area (Å²) in [4.78, 5) is 168. The Morgan fingerprint density at radius 3 is 1.64 bits per heavy atom. The standard InChI is InChI=1S/C65H109ClF3N11O11/c1-16-42(8)55-62(90)76(11)37-53(83)74(9)38-54(84)77(12)50(35-44-21-26-46(66)27-22-44)61(89)75(10)36-51(81)71-47(28-23-43-19-24-45(25-20-43)65(67,68)69)60(88)78(13)49(34-40(4)5)58(86)73-64(30-17-18-31-64)63(91)79(14)48(33-39(2)3)57(85)70-32-29-52(82)80(15)56(41(6)7)59(87)72-55/h39-50,55-56H,16-38H2,1-15H3,(H,70,85)(H,71,81)(H,72,87)(H,73,86)/t42-,43?,44?,45?,46?,47-,48-,49-,50-,55-,56-/m0/s1. The summed E-state index contributed by atoms with van der Waals surface area (Å²) in [6, 6.07) is -6.93. The maximum absolute atomic E-state index is 15.1. The Morgan fingerprint density at radius 1 is 0.560 bits per heavy atom. The quantitative estimate of drug-likeness (QED) is 0.172. The predicted octanol–water partition coefficient (Wildman–Crippen LogP) is 5.72. The molecule has 1 heterocycles. The minimum Gasteiger partial charge on any atom is -0.354 e. The molecule has 0 aromatic heterocycles. The highest BCUT2D eigenvalue weighted by Crippen LogP contribution is 2.41. The number of nitrogens with one attached hydrogen (secondary N) is 4. The van der Waals surface area contributed by atoms with Crippen molar-refractivity contribution in [3.05, 3.63) is 0 Å². The number of rotatable bonds is 12. The van der Waals surface area contributed by atoms with Crippen molar-refractivity contribution in [2.45, 2.75) is 231 Å². The van der Waals surface area contributed by atoms with Crippen LogP contribution in [-0.4, -0.2) is 228 Å². The topological polar surface area (TPSA) is 259 Å². The third-order valence-electron chi connectivity index (χ3n) is 19.5. The van der Waals surface area contributed by atoms with Gasteiger partial charge in [0.05, 0.1) is 25.6 Å². The van der Waals surface area contributed by atoms with Gasteiger partial charge in [0.1, 0.15) is 41.8 Å². The molecule has 26 heteroatoms. The molecule has 0 aromatic rings. The number of carbonyl (C=O) groups excluding carboxylic acids is 11. The Balaban J connectivity index is 1.80. The van der Waals surface area contributed by atoms with Crippen molar-refractivity contribution in [2.75, 3.05) is 75.5 Å². The van der Waals surface area contributed by atoms with Crippen LogP contribution < -0.4 is 21.3 Å². The largest absolute Gasteiger partial charge is 0.391 e. The van der Waals surface area contributed by atoms with Crippen LogP contribution in [0.2, 0.25) is 0 Å². The lowest BCUT2D eigenvalue weighted by Gasteiger charge is -2.39. The van der Waals surface area contributed by atoms with Crippen LogP contribution in [0.15, 0.2) is 0 Å². The van der Waals surface area contributed by atoms with Gasteiger partial charge in [-0.15, -0.1) is 11.6 Å². The molecule has 0 radical (unpaired) electrons. The number of hydrogen-bond acceptors (Lipinski definition) is 11. The molecule has 7 atom stereocenters. The number of amides is 11. The molecule has 1 saturated heterocycles. The summed E-state index contributed by atoms with van der Waals surface area (Å²) in [6.07, 6.45) is 1.11. The van der Waals surface area contributed by atoms with Crippen LogP contribution in [0.1, 0.15) is 177 Å². The molecule has 1 aliphatic heterocycles. The van der Waals surface area contributed by atoms with Gasteiger partial charge in [-0.25, -0.2) is 0 Å². The fraction of sp³-hybridized carbons (Fsp3) is 0.831. The van der Waals surface area contributed by atoms with E-state index in [0.717, 1.165) is 14.7 Å². The van der Waals surface area contributed by atoms with Gasteiger partial charge < -0.3 is 55.6 Å². The maximum Gasteiger partial charge on any atom is 0.391 e. The van der Waals surface area contributed by atoms with Gasteiger partial charge in [0, 0.05) is 67.7 Å². The molecule has 3 aliphatic carbocycles. The van der Waals surface area contributed by atoms with Gasteiger partial charge in [-0.3, -0.25) is 52.7 Å². The van der Waals surface area contributed by atoms with Gasteiger partial charge in [0.25, 0.3) is 0 Å². The third kappa shape index (κ3) is 21.9. The average molecular weight is 1310 g/mol. The molecule has 4 rings (SSSR count). The molecule has 1 spiro atoms. The zero-order valence-electron chi connectivity index (χ0n) is 57.0. The van der Waals surface area contributed by atoms with E-state index in [-0.39, 0.29) is 113 Å². The van der Waals surface area contributed by atoms with E-state index < -0.39 is 150 Å². The number of carbonyl (C=O) groups is 11. The van der Waals surface area contributed by atoms with E-state index in [1.165, 1.54) is 68.9 Å². The first-order valence-electron chi connectivity index (χ1n) is 33.1. The summed E-state index contributed by atoms with van der Waals surface area (Å²) in [7, 11) is 9.98. The molecular formula is C65H109ClF3N11O11. The number of nitrogens with zero attached hydrogens (tertiary/aromatic N) is 7. The third-order valence-corrected chi connectivity index (χ3v) is 20.0. The second-order valence-corrected chi connectivity index (χ2v) is 28.6. The molecule has 4 fully saturated rings. The molecule has 0 unspecified atom stereocenters. The Morgan fingerprint density at radius 2 is 1.10 bits per heavy atom. The van der Waals surface area contributed by atoms with Crippen molar-refractivity contribution in [3.63, 3.8) is 0 Å². The van der Waals surface area contributed by atoms with Crippen LogP contribution >= 0.6 is 11.6 Å². The average Bonchev–Trinajstić information content (AvgIpc) is 1.83. The summed E-state index contributed by atoms with van der Waals surface area (Å²) < 4.78 is 41.3. The van der Waals surface area contributed by atoms with Crippen molar-refractivity contribution < 1.29 is 65.9 Å². The summed E-state index contributed by atoms with van der Waals surface area (Å²) in [5.41, 5.74) is -1.50. The lowest BCUT2D eigenvalue weighted by atomic mass is 9.79. The number of halogens is 4. The van der Waals surface area contributed by atoms with E-state index in [9.17, 15) is 51.5 Å². The van der Waals surface area contributed by atoms with Gasteiger partial charge >= 0.3 is 6.18 Å². The van der Waals surface area contributed by atoms with Crippen LogP contribution in [0.4, 0.5) is 13.2 Å².